The number of benzene rings is 1. The first-order valence-electron chi connectivity index (χ1n) is 6.73. The van der Waals surface area contributed by atoms with Gasteiger partial charge in [0, 0.05) is 17.9 Å². The van der Waals surface area contributed by atoms with Crippen LogP contribution in [0.2, 0.25) is 0 Å². The molecule has 0 amide bonds. The van der Waals surface area contributed by atoms with Crippen molar-refractivity contribution < 1.29 is 13.2 Å². The number of rotatable bonds is 4. The van der Waals surface area contributed by atoms with E-state index in [-0.39, 0.29) is 11.6 Å². The molecule has 3 nitrogen and oxygen atoms in total. The maximum atomic E-state index is 12.8. The zero-order valence-corrected chi connectivity index (χ0v) is 12.2. The van der Waals surface area contributed by atoms with Crippen LogP contribution in [0.3, 0.4) is 0 Å². The second-order valence-electron chi connectivity index (χ2n) is 5.26. The van der Waals surface area contributed by atoms with Gasteiger partial charge in [0.25, 0.3) is 0 Å². The first-order chi connectivity index (χ1) is 9.77. The zero-order valence-electron chi connectivity index (χ0n) is 12.2. The highest BCUT2D eigenvalue weighted by Gasteiger charge is 2.32. The Morgan fingerprint density at radius 1 is 1.24 bits per heavy atom. The highest BCUT2D eigenvalue weighted by molar-refractivity contribution is 5.49. The molecule has 21 heavy (non-hydrogen) atoms. The first-order valence-corrected chi connectivity index (χ1v) is 6.73. The minimum Gasteiger partial charge on any atom is -0.379 e. The van der Waals surface area contributed by atoms with Crippen molar-refractivity contribution in [2.75, 3.05) is 5.32 Å². The maximum Gasteiger partial charge on any atom is 0.416 e. The average Bonchev–Trinajstić information content (AvgIpc) is 2.85. The van der Waals surface area contributed by atoms with E-state index in [9.17, 15) is 13.2 Å². The molecule has 6 heteroatoms. The van der Waals surface area contributed by atoms with Gasteiger partial charge in [0.15, 0.2) is 0 Å². The standard InChI is InChI=1S/C15H18F3N3/c1-10(2)21-7-6-13(20-21)9-19-12-5-4-11(3)14(8-12)15(16,17)18/h4-8,10,19H,9H2,1-3H3. The maximum absolute atomic E-state index is 12.8. The Balaban J connectivity index is 2.09. The van der Waals surface area contributed by atoms with Crippen molar-refractivity contribution in [3.8, 4) is 0 Å². The predicted octanol–water partition coefficient (Wildman–Crippen LogP) is 4.40. The molecule has 1 aromatic heterocycles. The van der Waals surface area contributed by atoms with Crippen molar-refractivity contribution in [1.82, 2.24) is 9.78 Å². The van der Waals surface area contributed by atoms with Gasteiger partial charge in [0.2, 0.25) is 0 Å². The summed E-state index contributed by atoms with van der Waals surface area (Å²) in [4.78, 5) is 0. The Hall–Kier alpha value is -1.98. The van der Waals surface area contributed by atoms with Crippen LogP contribution in [0.25, 0.3) is 0 Å². The van der Waals surface area contributed by atoms with Crippen LogP contribution in [-0.2, 0) is 12.7 Å². The lowest BCUT2D eigenvalue weighted by Gasteiger charge is -2.13. The summed E-state index contributed by atoms with van der Waals surface area (Å²) in [5.41, 5.74) is 0.835. The van der Waals surface area contributed by atoms with Crippen molar-refractivity contribution in [2.45, 2.75) is 39.5 Å². The SMILES string of the molecule is Cc1ccc(NCc2ccn(C(C)C)n2)cc1C(F)(F)F. The second-order valence-corrected chi connectivity index (χ2v) is 5.26. The van der Waals surface area contributed by atoms with E-state index >= 15 is 0 Å². The quantitative estimate of drug-likeness (QED) is 0.906. The number of nitrogens with zero attached hydrogens (tertiary/aromatic N) is 2. The molecule has 0 atom stereocenters. The van der Waals surface area contributed by atoms with Crippen LogP contribution in [0, 0.1) is 6.92 Å². The fourth-order valence-electron chi connectivity index (χ4n) is 1.99. The number of alkyl halides is 3. The molecule has 2 rings (SSSR count). The summed E-state index contributed by atoms with van der Waals surface area (Å²) < 4.78 is 40.3. The van der Waals surface area contributed by atoms with E-state index in [0.29, 0.717) is 12.2 Å². The minimum atomic E-state index is -4.33. The Morgan fingerprint density at radius 3 is 2.52 bits per heavy atom. The van der Waals surface area contributed by atoms with Crippen molar-refractivity contribution in [1.29, 1.82) is 0 Å². The summed E-state index contributed by atoms with van der Waals surface area (Å²) in [6.07, 6.45) is -2.47. The van der Waals surface area contributed by atoms with E-state index in [1.165, 1.54) is 13.0 Å². The summed E-state index contributed by atoms with van der Waals surface area (Å²) in [6.45, 7) is 5.87. The third kappa shape index (κ3) is 3.77. The van der Waals surface area contributed by atoms with Gasteiger partial charge in [-0.25, -0.2) is 0 Å². The molecule has 0 saturated heterocycles. The van der Waals surface area contributed by atoms with Crippen molar-refractivity contribution in [2.24, 2.45) is 0 Å². The van der Waals surface area contributed by atoms with Crippen LogP contribution in [0.1, 0.15) is 36.7 Å². The number of aromatic nitrogens is 2. The fourth-order valence-corrected chi connectivity index (χ4v) is 1.99. The van der Waals surface area contributed by atoms with Gasteiger partial charge in [-0.3, -0.25) is 4.68 Å². The lowest BCUT2D eigenvalue weighted by molar-refractivity contribution is -0.138. The summed E-state index contributed by atoms with van der Waals surface area (Å²) in [6, 6.07) is 6.36. The monoisotopic (exact) mass is 297 g/mol. The van der Waals surface area contributed by atoms with Crippen LogP contribution in [0.4, 0.5) is 18.9 Å². The fraction of sp³-hybridized carbons (Fsp3) is 0.400. The number of hydrogen-bond donors (Lipinski definition) is 1. The van der Waals surface area contributed by atoms with E-state index in [0.717, 1.165) is 11.8 Å². The normalized spacial score (nSPS) is 12.0. The van der Waals surface area contributed by atoms with Gasteiger partial charge >= 0.3 is 6.18 Å². The van der Waals surface area contributed by atoms with E-state index in [1.807, 2.05) is 30.8 Å². The van der Waals surface area contributed by atoms with Crippen molar-refractivity contribution in [3.05, 3.63) is 47.3 Å². The summed E-state index contributed by atoms with van der Waals surface area (Å²) in [5, 5.41) is 7.32. The number of anilines is 1. The van der Waals surface area contributed by atoms with Gasteiger partial charge in [-0.2, -0.15) is 18.3 Å². The molecular formula is C15H18F3N3. The molecule has 0 bridgehead atoms. The Bertz CT molecular complexity index is 615. The van der Waals surface area contributed by atoms with Gasteiger partial charge in [0.05, 0.1) is 17.8 Å². The van der Waals surface area contributed by atoms with Gasteiger partial charge in [-0.05, 0) is 44.5 Å². The highest BCUT2D eigenvalue weighted by Crippen LogP contribution is 2.33. The van der Waals surface area contributed by atoms with Crippen LogP contribution < -0.4 is 5.32 Å². The van der Waals surface area contributed by atoms with Crippen LogP contribution in [0.5, 0.6) is 0 Å². The first kappa shape index (κ1) is 15.4. The predicted molar refractivity (Wildman–Crippen MR) is 76.1 cm³/mol. The lowest BCUT2D eigenvalue weighted by atomic mass is 10.1. The Kier molecular flexibility index (Phi) is 4.25. The molecule has 0 fully saturated rings. The third-order valence-corrected chi connectivity index (χ3v) is 3.21. The molecule has 2 aromatic rings. The number of hydrogen-bond acceptors (Lipinski definition) is 2. The van der Waals surface area contributed by atoms with E-state index < -0.39 is 11.7 Å². The minimum absolute atomic E-state index is 0.220. The Labute approximate surface area is 121 Å². The van der Waals surface area contributed by atoms with E-state index in [1.54, 1.807) is 6.07 Å². The van der Waals surface area contributed by atoms with Crippen molar-refractivity contribution >= 4 is 5.69 Å². The molecule has 0 aliphatic heterocycles. The van der Waals surface area contributed by atoms with E-state index in [2.05, 4.69) is 10.4 Å². The van der Waals surface area contributed by atoms with Crippen LogP contribution >= 0.6 is 0 Å². The average molecular weight is 297 g/mol. The molecule has 0 unspecified atom stereocenters. The number of halogens is 3. The molecule has 1 aromatic carbocycles. The Morgan fingerprint density at radius 2 is 1.95 bits per heavy atom. The van der Waals surface area contributed by atoms with Crippen LogP contribution in [-0.4, -0.2) is 9.78 Å². The lowest BCUT2D eigenvalue weighted by Crippen LogP contribution is -2.09. The molecule has 0 aliphatic rings. The molecular weight excluding hydrogens is 279 g/mol. The topological polar surface area (TPSA) is 29.9 Å². The number of nitrogens with one attached hydrogen (secondary N) is 1. The molecule has 1 heterocycles. The second kappa shape index (κ2) is 5.79. The van der Waals surface area contributed by atoms with Gasteiger partial charge in [0.1, 0.15) is 0 Å². The van der Waals surface area contributed by atoms with Gasteiger partial charge < -0.3 is 5.32 Å². The molecule has 0 spiro atoms. The van der Waals surface area contributed by atoms with Gasteiger partial charge in [-0.1, -0.05) is 6.07 Å². The summed E-state index contributed by atoms with van der Waals surface area (Å²) in [5.74, 6) is 0. The summed E-state index contributed by atoms with van der Waals surface area (Å²) in [7, 11) is 0. The molecule has 0 radical (unpaired) electrons. The molecule has 0 aliphatic carbocycles. The largest absolute Gasteiger partial charge is 0.416 e. The molecule has 114 valence electrons. The molecule has 0 saturated carbocycles. The highest BCUT2D eigenvalue weighted by atomic mass is 19.4. The third-order valence-electron chi connectivity index (χ3n) is 3.21. The summed E-state index contributed by atoms with van der Waals surface area (Å²) >= 11 is 0. The number of aryl methyl sites for hydroxylation is 1. The smallest absolute Gasteiger partial charge is 0.379 e. The van der Waals surface area contributed by atoms with Gasteiger partial charge in [-0.15, -0.1) is 0 Å². The van der Waals surface area contributed by atoms with Crippen molar-refractivity contribution in [3.63, 3.8) is 0 Å². The zero-order chi connectivity index (χ0) is 15.6. The molecule has 1 N–H and O–H groups in total. The van der Waals surface area contributed by atoms with E-state index in [4.69, 9.17) is 0 Å². The van der Waals surface area contributed by atoms with Crippen LogP contribution in [0.15, 0.2) is 30.5 Å².